The maximum Gasteiger partial charge on any atom is 0.304 e. The van der Waals surface area contributed by atoms with Gasteiger partial charge in [-0.3, -0.25) is 9.59 Å². The van der Waals surface area contributed by atoms with Crippen molar-refractivity contribution in [3.63, 3.8) is 0 Å². The molecule has 0 bridgehead atoms. The maximum absolute atomic E-state index is 11.3. The Morgan fingerprint density at radius 2 is 1.47 bits per heavy atom. The first kappa shape index (κ1) is 41.7. The highest BCUT2D eigenvalue weighted by molar-refractivity contribution is 5.78. The number of carbonyl (C=O) groups excluding carboxylic acids is 1. The largest absolute Gasteiger partial charge is 0.481 e. The lowest BCUT2D eigenvalue weighted by atomic mass is 9.33. The fourth-order valence-corrected chi connectivity index (χ4v) is 12.1. The number of terminal acetylenes is 3. The van der Waals surface area contributed by atoms with Crippen LogP contribution in [0.1, 0.15) is 128 Å². The van der Waals surface area contributed by atoms with Crippen LogP contribution in [-0.2, 0) is 4.79 Å². The van der Waals surface area contributed by atoms with Crippen molar-refractivity contribution in [2.75, 3.05) is 6.54 Å². The van der Waals surface area contributed by atoms with E-state index in [0.29, 0.717) is 34.6 Å². The topological polar surface area (TPSA) is 66.4 Å². The van der Waals surface area contributed by atoms with Gasteiger partial charge in [0, 0.05) is 17.6 Å². The maximum atomic E-state index is 11.3. The van der Waals surface area contributed by atoms with Crippen molar-refractivity contribution in [2.24, 2.45) is 45.3 Å². The minimum absolute atomic E-state index is 0.0933. The van der Waals surface area contributed by atoms with Gasteiger partial charge in [-0.1, -0.05) is 77.5 Å². The second-order valence-corrected chi connectivity index (χ2v) is 16.1. The van der Waals surface area contributed by atoms with Crippen molar-refractivity contribution in [2.45, 2.75) is 118 Å². The first-order chi connectivity index (χ1) is 23.3. The number of aldehydes is 1. The molecule has 1 aromatic carbocycles. The molecule has 5 aliphatic carbocycles. The van der Waals surface area contributed by atoms with Crippen LogP contribution >= 0.6 is 0 Å². The van der Waals surface area contributed by atoms with Gasteiger partial charge in [0.15, 0.2) is 0 Å². The van der Waals surface area contributed by atoms with Crippen LogP contribution in [-0.4, -0.2) is 29.4 Å². The summed E-state index contributed by atoms with van der Waals surface area (Å²) in [6, 6.07) is 8.24. The van der Waals surface area contributed by atoms with Crippen LogP contribution < -0.4 is 5.32 Å². The Balaban J connectivity index is 0.000000851. The van der Waals surface area contributed by atoms with Crippen LogP contribution in [0.25, 0.3) is 5.57 Å². The second kappa shape index (κ2) is 16.9. The van der Waals surface area contributed by atoms with Gasteiger partial charge >= 0.3 is 5.97 Å². The molecule has 0 aromatic heterocycles. The molecule has 0 amide bonds. The predicted molar refractivity (Wildman–Crippen MR) is 207 cm³/mol. The number of aliphatic carboxylic acids is 1. The monoisotopic (exact) mass is 665 g/mol. The number of nitrogens with one attached hydrogen (secondary N) is 1. The first-order valence-corrected chi connectivity index (χ1v) is 18.1. The van der Waals surface area contributed by atoms with E-state index in [1.54, 1.807) is 6.08 Å². The van der Waals surface area contributed by atoms with E-state index in [0.717, 1.165) is 30.1 Å². The number of carboxylic acids is 1. The molecular weight excluding hydrogens is 602 g/mol. The summed E-state index contributed by atoms with van der Waals surface area (Å²) in [6.45, 7) is 18.8. The third kappa shape index (κ3) is 7.21. The molecule has 3 unspecified atom stereocenters. The summed E-state index contributed by atoms with van der Waals surface area (Å²) < 4.78 is 0. The van der Waals surface area contributed by atoms with Crippen molar-refractivity contribution in [3.8, 4) is 38.5 Å². The Kier molecular flexibility index (Phi) is 14.4. The zero-order valence-electron chi connectivity index (χ0n) is 31.3. The normalized spacial score (nSPS) is 35.9. The number of hydrogen-bond donors (Lipinski definition) is 2. The molecule has 0 heterocycles. The van der Waals surface area contributed by atoms with Crippen molar-refractivity contribution in [1.82, 2.24) is 5.32 Å². The number of fused-ring (bicyclic) bond motifs is 7. The van der Waals surface area contributed by atoms with Crippen molar-refractivity contribution in [1.29, 1.82) is 0 Å². The van der Waals surface area contributed by atoms with Gasteiger partial charge in [-0.25, -0.2) is 0 Å². The minimum Gasteiger partial charge on any atom is -0.481 e. The van der Waals surface area contributed by atoms with E-state index < -0.39 is 5.97 Å². The molecule has 0 saturated heterocycles. The zero-order chi connectivity index (χ0) is 37.3. The van der Waals surface area contributed by atoms with E-state index >= 15 is 0 Å². The van der Waals surface area contributed by atoms with Crippen molar-refractivity contribution in [3.05, 3.63) is 54.1 Å². The number of hydrogen-bond acceptors (Lipinski definition) is 3. The summed E-state index contributed by atoms with van der Waals surface area (Å²) in [6.07, 6.45) is 42.2. The summed E-state index contributed by atoms with van der Waals surface area (Å²) in [5.74, 6) is 2.11. The Labute approximate surface area is 299 Å². The van der Waals surface area contributed by atoms with Gasteiger partial charge in [0.05, 0.1) is 6.42 Å². The van der Waals surface area contributed by atoms with E-state index in [-0.39, 0.29) is 17.4 Å². The molecule has 1 aromatic rings. The highest BCUT2D eigenvalue weighted by Gasteiger charge is 2.69. The van der Waals surface area contributed by atoms with Crippen LogP contribution in [0.15, 0.2) is 43.0 Å². The number of carboxylic acid groups (broad SMARTS) is 1. The number of carbonyl (C=O) groups is 2. The van der Waals surface area contributed by atoms with Crippen molar-refractivity contribution < 1.29 is 14.7 Å². The van der Waals surface area contributed by atoms with Gasteiger partial charge in [-0.05, 0) is 121 Å². The van der Waals surface area contributed by atoms with E-state index in [4.69, 9.17) is 0 Å². The third-order valence-electron chi connectivity index (χ3n) is 14.1. The Hall–Kier alpha value is -3.52. The van der Waals surface area contributed by atoms with Gasteiger partial charge in [0.25, 0.3) is 0 Å². The molecule has 49 heavy (non-hydrogen) atoms. The summed E-state index contributed by atoms with van der Waals surface area (Å²) >= 11 is 0. The van der Waals surface area contributed by atoms with Gasteiger partial charge in [0.1, 0.15) is 6.29 Å². The summed E-state index contributed by atoms with van der Waals surface area (Å²) in [5.41, 5.74) is 4.72. The SMILES string of the molecule is C#C.C#C.C#C.C=CC.CC1(C)C(c2ccc(C=O)cc2)=CC[C@@]2(C)C1CC[C@]1(C)C2CC[C@@H]2C3CCC[C@]3(NCCC(=O)O)CC[C@]21C. The van der Waals surface area contributed by atoms with Gasteiger partial charge in [-0.2, -0.15) is 0 Å². The van der Waals surface area contributed by atoms with E-state index in [9.17, 15) is 14.7 Å². The fraction of sp³-hybridized carbons (Fsp3) is 0.600. The quantitative estimate of drug-likeness (QED) is 0.180. The van der Waals surface area contributed by atoms with E-state index in [1.165, 1.54) is 68.9 Å². The first-order valence-electron chi connectivity index (χ1n) is 18.1. The highest BCUT2D eigenvalue weighted by Crippen LogP contribution is 2.76. The van der Waals surface area contributed by atoms with Crippen LogP contribution in [0.3, 0.4) is 0 Å². The van der Waals surface area contributed by atoms with E-state index in [1.807, 2.05) is 19.1 Å². The summed E-state index contributed by atoms with van der Waals surface area (Å²) in [7, 11) is 0. The number of rotatable bonds is 6. The lowest BCUT2D eigenvalue weighted by Crippen LogP contribution is -2.67. The van der Waals surface area contributed by atoms with Crippen LogP contribution in [0.5, 0.6) is 0 Å². The molecule has 4 heteroatoms. The molecule has 266 valence electrons. The lowest BCUT2D eigenvalue weighted by Gasteiger charge is -2.72. The highest BCUT2D eigenvalue weighted by atomic mass is 16.4. The molecule has 6 rings (SSSR count). The lowest BCUT2D eigenvalue weighted by molar-refractivity contribution is -0.217. The third-order valence-corrected chi connectivity index (χ3v) is 14.1. The fourth-order valence-electron chi connectivity index (χ4n) is 12.1. The average Bonchev–Trinajstić information content (AvgIpc) is 3.52. The number of allylic oxidation sites excluding steroid dienone is 3. The minimum atomic E-state index is -0.692. The average molecular weight is 666 g/mol. The molecular formula is C45H63NO3. The number of benzene rings is 1. The molecule has 2 N–H and O–H groups in total. The molecule has 4 fully saturated rings. The standard InChI is InChI=1S/C36H51NO3.C3H6.3C2H2/c1-32(2)26(25-10-8-24(23-38)9-11-25)14-18-33(3)29(32)15-19-35(5)30(33)13-12-27-28-7-6-17-36(28,21-20-34(27,35)4)37-22-16-31(39)40;1-3-2;3*1-2/h8-11,14,23,27-30,37H,6-7,12-13,15-22H2,1-5H3,(H,39,40);3H,1H2,2H3;3*1-2H/t27-,28?,29?,30?,33+,34-,35-,36+;;;;/m1..../s1. The molecule has 4 saturated carbocycles. The predicted octanol–water partition coefficient (Wildman–Crippen LogP) is 10.1. The van der Waals surface area contributed by atoms with Crippen LogP contribution in [0.4, 0.5) is 0 Å². The molecule has 4 nitrogen and oxygen atoms in total. The Morgan fingerprint density at radius 3 is 2.04 bits per heavy atom. The molecule has 0 spiro atoms. The second-order valence-electron chi connectivity index (χ2n) is 16.1. The molecule has 0 radical (unpaired) electrons. The Morgan fingerprint density at radius 1 is 0.857 bits per heavy atom. The van der Waals surface area contributed by atoms with Gasteiger partial charge < -0.3 is 10.4 Å². The molecule has 5 aliphatic rings. The Bertz CT molecular complexity index is 1370. The smallest absolute Gasteiger partial charge is 0.304 e. The summed E-state index contributed by atoms with van der Waals surface area (Å²) in [5, 5.41) is 13.1. The van der Waals surface area contributed by atoms with Crippen molar-refractivity contribution >= 4 is 17.8 Å². The molecule has 0 aliphatic heterocycles. The van der Waals surface area contributed by atoms with E-state index in [2.05, 4.69) is 103 Å². The van der Waals surface area contributed by atoms with Gasteiger partial charge in [-0.15, -0.1) is 45.1 Å². The van der Waals surface area contributed by atoms with Crippen LogP contribution in [0, 0.1) is 83.9 Å². The summed E-state index contributed by atoms with van der Waals surface area (Å²) in [4.78, 5) is 22.5. The van der Waals surface area contributed by atoms with Crippen LogP contribution in [0.2, 0.25) is 0 Å². The zero-order valence-corrected chi connectivity index (χ0v) is 31.3. The molecule has 8 atom stereocenters. The van der Waals surface area contributed by atoms with Gasteiger partial charge in [0.2, 0.25) is 0 Å².